The summed E-state index contributed by atoms with van der Waals surface area (Å²) in [5, 5.41) is 3.37. The van der Waals surface area contributed by atoms with E-state index in [1.807, 2.05) is 29.2 Å². The van der Waals surface area contributed by atoms with E-state index in [1.54, 1.807) is 0 Å². The first-order valence-electron chi connectivity index (χ1n) is 8.71. The first-order valence-corrected chi connectivity index (χ1v) is 9.70. The average molecular weight is 359 g/mol. The third-order valence-electron chi connectivity index (χ3n) is 5.17. The number of nitrogens with zero attached hydrogens (tertiary/aromatic N) is 2. The quantitative estimate of drug-likeness (QED) is 0.892. The van der Waals surface area contributed by atoms with E-state index < -0.39 is 0 Å². The van der Waals surface area contributed by atoms with Crippen molar-refractivity contribution in [3.63, 3.8) is 0 Å². The highest BCUT2D eigenvalue weighted by Crippen LogP contribution is 2.23. The normalized spacial score (nSPS) is 26.2. The summed E-state index contributed by atoms with van der Waals surface area (Å²) in [4.78, 5) is 39.6. The molecule has 0 saturated carbocycles. The Morgan fingerprint density at radius 2 is 2.04 bits per heavy atom. The monoisotopic (exact) mass is 359 g/mol. The van der Waals surface area contributed by atoms with Crippen LogP contribution >= 0.6 is 11.8 Å². The maximum atomic E-state index is 12.9. The molecule has 3 fully saturated rings. The maximum absolute atomic E-state index is 12.9. The van der Waals surface area contributed by atoms with Gasteiger partial charge in [-0.25, -0.2) is 0 Å². The van der Waals surface area contributed by atoms with Gasteiger partial charge in [-0.05, 0) is 37.0 Å². The predicted octanol–water partition coefficient (Wildman–Crippen LogP) is 1.85. The van der Waals surface area contributed by atoms with Crippen molar-refractivity contribution in [2.75, 3.05) is 18.8 Å². The van der Waals surface area contributed by atoms with Crippen LogP contribution in [0.2, 0.25) is 0 Å². The van der Waals surface area contributed by atoms with E-state index in [9.17, 15) is 14.4 Å². The van der Waals surface area contributed by atoms with Crippen LogP contribution < -0.4 is 5.32 Å². The SMILES string of the molecule is O=C(c1cccc(CN2C(=O)CSC2=O)c1)N1CCC2CCC(C1)N2. The third-order valence-corrected chi connectivity index (χ3v) is 6.02. The molecule has 7 heteroatoms. The van der Waals surface area contributed by atoms with E-state index in [1.165, 1.54) is 11.3 Å². The zero-order valence-electron chi connectivity index (χ0n) is 13.9. The van der Waals surface area contributed by atoms with Crippen molar-refractivity contribution in [2.45, 2.75) is 37.9 Å². The molecule has 3 heterocycles. The Morgan fingerprint density at radius 3 is 2.84 bits per heavy atom. The molecular formula is C18H21N3O3S. The number of fused-ring (bicyclic) bond motifs is 2. The van der Waals surface area contributed by atoms with E-state index >= 15 is 0 Å². The second-order valence-electron chi connectivity index (χ2n) is 6.91. The summed E-state index contributed by atoms with van der Waals surface area (Å²) in [5.74, 6) is 0.0758. The molecular weight excluding hydrogens is 338 g/mol. The molecule has 2 unspecified atom stereocenters. The number of carbonyl (C=O) groups is 3. The van der Waals surface area contributed by atoms with E-state index in [0.717, 1.165) is 43.3 Å². The molecule has 3 saturated heterocycles. The van der Waals surface area contributed by atoms with Gasteiger partial charge in [0.25, 0.3) is 11.1 Å². The Hall–Kier alpha value is -1.86. The molecule has 2 atom stereocenters. The van der Waals surface area contributed by atoms with Crippen LogP contribution in [0, 0.1) is 0 Å². The smallest absolute Gasteiger partial charge is 0.289 e. The van der Waals surface area contributed by atoms with Crippen molar-refractivity contribution < 1.29 is 14.4 Å². The molecule has 132 valence electrons. The number of nitrogens with one attached hydrogen (secondary N) is 1. The molecule has 25 heavy (non-hydrogen) atoms. The minimum Gasteiger partial charge on any atom is -0.337 e. The summed E-state index contributed by atoms with van der Waals surface area (Å²) in [7, 11) is 0. The molecule has 2 bridgehead atoms. The van der Waals surface area contributed by atoms with E-state index in [2.05, 4.69) is 5.32 Å². The van der Waals surface area contributed by atoms with Gasteiger partial charge in [0, 0.05) is 30.7 Å². The van der Waals surface area contributed by atoms with Crippen LogP contribution in [0.25, 0.3) is 0 Å². The van der Waals surface area contributed by atoms with Crippen molar-refractivity contribution >= 4 is 28.8 Å². The van der Waals surface area contributed by atoms with E-state index in [0.29, 0.717) is 17.6 Å². The third kappa shape index (κ3) is 3.43. The van der Waals surface area contributed by atoms with Crippen LogP contribution in [0.15, 0.2) is 24.3 Å². The molecule has 1 N–H and O–H groups in total. The average Bonchev–Trinajstić information content (AvgIpc) is 3.10. The Bertz CT molecular complexity index is 707. The largest absolute Gasteiger partial charge is 0.337 e. The highest BCUT2D eigenvalue weighted by atomic mass is 32.2. The Balaban J connectivity index is 1.48. The lowest BCUT2D eigenvalue weighted by molar-refractivity contribution is -0.125. The molecule has 0 aliphatic carbocycles. The number of hydrogen-bond donors (Lipinski definition) is 1. The van der Waals surface area contributed by atoms with Crippen LogP contribution in [-0.2, 0) is 11.3 Å². The fourth-order valence-corrected chi connectivity index (χ4v) is 4.55. The van der Waals surface area contributed by atoms with Crippen LogP contribution in [0.3, 0.4) is 0 Å². The second-order valence-corrected chi connectivity index (χ2v) is 7.84. The van der Waals surface area contributed by atoms with Crippen LogP contribution in [0.5, 0.6) is 0 Å². The second kappa shape index (κ2) is 6.80. The number of benzene rings is 1. The number of amides is 3. The molecule has 4 rings (SSSR count). The minimum absolute atomic E-state index is 0.0321. The van der Waals surface area contributed by atoms with E-state index in [-0.39, 0.29) is 29.4 Å². The zero-order valence-corrected chi connectivity index (χ0v) is 14.8. The van der Waals surface area contributed by atoms with Gasteiger partial charge in [-0.1, -0.05) is 23.9 Å². The summed E-state index contributed by atoms with van der Waals surface area (Å²) in [6, 6.07) is 8.23. The summed E-state index contributed by atoms with van der Waals surface area (Å²) >= 11 is 1.03. The van der Waals surface area contributed by atoms with Gasteiger partial charge in [-0.2, -0.15) is 0 Å². The number of rotatable bonds is 3. The van der Waals surface area contributed by atoms with Crippen LogP contribution in [0.4, 0.5) is 4.79 Å². The Labute approximate surface area is 150 Å². The zero-order chi connectivity index (χ0) is 17.4. The van der Waals surface area contributed by atoms with Crippen molar-refractivity contribution in [3.05, 3.63) is 35.4 Å². The first kappa shape index (κ1) is 16.6. The summed E-state index contributed by atoms with van der Waals surface area (Å²) < 4.78 is 0. The van der Waals surface area contributed by atoms with Gasteiger partial charge < -0.3 is 10.2 Å². The molecule has 6 nitrogen and oxygen atoms in total. The van der Waals surface area contributed by atoms with Crippen molar-refractivity contribution in [3.8, 4) is 0 Å². The molecule has 3 aliphatic rings. The summed E-state index contributed by atoms with van der Waals surface area (Å²) in [6.45, 7) is 1.76. The van der Waals surface area contributed by atoms with Gasteiger partial charge in [0.2, 0.25) is 5.91 Å². The number of carbonyl (C=O) groups excluding carboxylic acids is 3. The number of likely N-dealkylation sites (tertiary alicyclic amines) is 1. The molecule has 0 radical (unpaired) electrons. The van der Waals surface area contributed by atoms with Gasteiger partial charge in [0.1, 0.15) is 0 Å². The van der Waals surface area contributed by atoms with Crippen molar-refractivity contribution in [2.24, 2.45) is 0 Å². The first-order chi connectivity index (χ1) is 12.1. The van der Waals surface area contributed by atoms with Gasteiger partial charge >= 0.3 is 0 Å². The van der Waals surface area contributed by atoms with E-state index in [4.69, 9.17) is 0 Å². The lowest BCUT2D eigenvalue weighted by Crippen LogP contribution is -2.39. The molecule has 1 aromatic carbocycles. The Kier molecular flexibility index (Phi) is 4.52. The van der Waals surface area contributed by atoms with Gasteiger partial charge in [-0.3, -0.25) is 19.3 Å². The number of thioether (sulfide) groups is 1. The Morgan fingerprint density at radius 1 is 1.20 bits per heavy atom. The van der Waals surface area contributed by atoms with Gasteiger partial charge in [0.15, 0.2) is 0 Å². The lowest BCUT2D eigenvalue weighted by Gasteiger charge is -2.24. The van der Waals surface area contributed by atoms with Gasteiger partial charge in [-0.15, -0.1) is 0 Å². The van der Waals surface area contributed by atoms with Crippen molar-refractivity contribution in [1.29, 1.82) is 0 Å². The lowest BCUT2D eigenvalue weighted by atomic mass is 10.1. The van der Waals surface area contributed by atoms with Crippen molar-refractivity contribution in [1.82, 2.24) is 15.1 Å². The predicted molar refractivity (Wildman–Crippen MR) is 95.3 cm³/mol. The fraction of sp³-hybridized carbons (Fsp3) is 0.500. The molecule has 0 aromatic heterocycles. The molecule has 0 spiro atoms. The molecule has 1 aromatic rings. The van der Waals surface area contributed by atoms with Crippen LogP contribution in [-0.4, -0.2) is 57.8 Å². The molecule has 3 amide bonds. The summed E-state index contributed by atoms with van der Waals surface area (Å²) in [6.07, 6.45) is 3.33. The number of imide groups is 1. The highest BCUT2D eigenvalue weighted by molar-refractivity contribution is 8.14. The van der Waals surface area contributed by atoms with Gasteiger partial charge in [0.05, 0.1) is 12.3 Å². The minimum atomic E-state index is -0.212. The maximum Gasteiger partial charge on any atom is 0.289 e. The fourth-order valence-electron chi connectivity index (χ4n) is 3.83. The summed E-state index contributed by atoms with van der Waals surface area (Å²) in [5.41, 5.74) is 1.44. The highest BCUT2D eigenvalue weighted by Gasteiger charge is 2.32. The van der Waals surface area contributed by atoms with Crippen LogP contribution in [0.1, 0.15) is 35.2 Å². The number of hydrogen-bond acceptors (Lipinski definition) is 5. The molecule has 3 aliphatic heterocycles. The standard InChI is InChI=1S/C18H21N3O3S/c22-16-11-25-18(24)21(16)9-12-2-1-3-13(8-12)17(23)20-7-6-14-4-5-15(10-20)19-14/h1-3,8,14-15,19H,4-7,9-11H2. The topological polar surface area (TPSA) is 69.7 Å².